The maximum Gasteiger partial charge on any atom is 0.160 e. The molecule has 4 rings (SSSR count). The van der Waals surface area contributed by atoms with Crippen LogP contribution in [0.1, 0.15) is 56.1 Å². The predicted octanol–water partition coefficient (Wildman–Crippen LogP) is 5.22. The summed E-state index contributed by atoms with van der Waals surface area (Å²) in [5.41, 5.74) is 5.10. The fourth-order valence-corrected chi connectivity index (χ4v) is 5.80. The number of thioether (sulfide) groups is 1. The van der Waals surface area contributed by atoms with Gasteiger partial charge in [-0.2, -0.15) is 0 Å². The van der Waals surface area contributed by atoms with E-state index < -0.39 is 0 Å². The summed E-state index contributed by atoms with van der Waals surface area (Å²) in [6.45, 7) is 11.0. The number of hydrogen-bond acceptors (Lipinski definition) is 5. The van der Waals surface area contributed by atoms with Crippen molar-refractivity contribution in [2.75, 3.05) is 23.7 Å². The molecule has 2 aliphatic rings. The van der Waals surface area contributed by atoms with Gasteiger partial charge in [0.05, 0.1) is 11.7 Å². The number of rotatable bonds is 6. The first-order valence-electron chi connectivity index (χ1n) is 10.4. The molecule has 28 heavy (non-hydrogen) atoms. The van der Waals surface area contributed by atoms with Crippen LogP contribution in [0.3, 0.4) is 0 Å². The number of fused-ring (bicyclic) bond motifs is 1. The lowest BCUT2D eigenvalue weighted by Gasteiger charge is -2.33. The first kappa shape index (κ1) is 19.3. The highest BCUT2D eigenvalue weighted by Crippen LogP contribution is 2.49. The normalized spacial score (nSPS) is 23.6. The molecule has 0 bridgehead atoms. The smallest absolute Gasteiger partial charge is 0.160 e. The van der Waals surface area contributed by atoms with Gasteiger partial charge in [0.2, 0.25) is 0 Å². The van der Waals surface area contributed by atoms with Gasteiger partial charge in [-0.15, -0.1) is 0 Å². The van der Waals surface area contributed by atoms with Crippen molar-refractivity contribution in [1.29, 1.82) is 0 Å². The Balaban J connectivity index is 1.76. The number of aromatic nitrogens is 1. The number of pyridine rings is 1. The monoisotopic (exact) mass is 394 g/mol. The molecule has 1 aromatic carbocycles. The van der Waals surface area contributed by atoms with Gasteiger partial charge in [-0.05, 0) is 62.6 Å². The number of amidine groups is 1. The molecule has 1 aromatic heterocycles. The first-order valence-corrected chi connectivity index (χ1v) is 11.4. The second-order valence-electron chi connectivity index (χ2n) is 7.55. The van der Waals surface area contributed by atoms with Crippen LogP contribution in [0.25, 0.3) is 0 Å². The molecule has 3 heterocycles. The van der Waals surface area contributed by atoms with Crippen LogP contribution in [0.4, 0.5) is 5.69 Å². The van der Waals surface area contributed by atoms with Gasteiger partial charge in [-0.1, -0.05) is 30.8 Å². The average Bonchev–Trinajstić information content (AvgIpc) is 3.29. The summed E-state index contributed by atoms with van der Waals surface area (Å²) < 4.78 is 0. The van der Waals surface area contributed by atoms with Gasteiger partial charge in [0, 0.05) is 36.8 Å². The summed E-state index contributed by atoms with van der Waals surface area (Å²) in [5, 5.41) is 1.19. The lowest BCUT2D eigenvalue weighted by molar-refractivity contribution is 0.254. The van der Waals surface area contributed by atoms with E-state index in [9.17, 15) is 0 Å². The number of nitrogens with zero attached hydrogens (tertiary/aromatic N) is 4. The van der Waals surface area contributed by atoms with Crippen LogP contribution < -0.4 is 4.90 Å². The third-order valence-electron chi connectivity index (χ3n) is 6.03. The predicted molar refractivity (Wildman–Crippen MR) is 120 cm³/mol. The van der Waals surface area contributed by atoms with Crippen LogP contribution in [-0.2, 0) is 0 Å². The van der Waals surface area contributed by atoms with Crippen LogP contribution in [0, 0.1) is 6.92 Å². The van der Waals surface area contributed by atoms with E-state index in [-0.39, 0.29) is 12.1 Å². The van der Waals surface area contributed by atoms with E-state index in [4.69, 9.17) is 4.99 Å². The van der Waals surface area contributed by atoms with Crippen molar-refractivity contribution in [3.63, 3.8) is 0 Å². The molecule has 2 aliphatic heterocycles. The van der Waals surface area contributed by atoms with E-state index in [1.54, 1.807) is 0 Å². The number of aryl methyl sites for hydroxylation is 1. The fraction of sp³-hybridized carbons (Fsp3) is 0.478. The molecule has 1 saturated heterocycles. The van der Waals surface area contributed by atoms with Crippen molar-refractivity contribution in [2.24, 2.45) is 4.99 Å². The van der Waals surface area contributed by atoms with Crippen molar-refractivity contribution >= 4 is 22.6 Å². The van der Waals surface area contributed by atoms with E-state index in [0.29, 0.717) is 6.04 Å². The lowest BCUT2D eigenvalue weighted by Crippen LogP contribution is -2.35. The number of hydrogen-bond donors (Lipinski definition) is 0. The molecular formula is C23H30N4S. The molecule has 3 atom stereocenters. The summed E-state index contributed by atoms with van der Waals surface area (Å²) >= 11 is 1.90. The number of aliphatic imine (C=N–C) groups is 1. The molecule has 0 radical (unpaired) electrons. The minimum absolute atomic E-state index is 0.0658. The third-order valence-corrected chi connectivity index (χ3v) is 7.16. The quantitative estimate of drug-likeness (QED) is 0.673. The molecule has 0 aliphatic carbocycles. The molecule has 148 valence electrons. The highest BCUT2D eigenvalue weighted by molar-refractivity contribution is 8.14. The van der Waals surface area contributed by atoms with Gasteiger partial charge in [-0.25, -0.2) is 0 Å². The van der Waals surface area contributed by atoms with E-state index in [1.165, 1.54) is 22.0 Å². The SMILES string of the molecule is CC[C@@H]1CSC2=N[C@@H](c3ccccn3)[C@@H](c3ccc(N(CC)CC)cc3C)N21. The van der Waals surface area contributed by atoms with Crippen molar-refractivity contribution in [1.82, 2.24) is 9.88 Å². The highest BCUT2D eigenvalue weighted by Gasteiger charge is 2.45. The Morgan fingerprint density at radius 2 is 1.96 bits per heavy atom. The molecule has 2 aromatic rings. The molecule has 0 N–H and O–H groups in total. The van der Waals surface area contributed by atoms with E-state index in [1.807, 2.05) is 24.0 Å². The summed E-state index contributed by atoms with van der Waals surface area (Å²) in [7, 11) is 0. The second kappa shape index (κ2) is 8.16. The zero-order chi connectivity index (χ0) is 19.7. The van der Waals surface area contributed by atoms with Gasteiger partial charge in [0.1, 0.15) is 6.04 Å². The second-order valence-corrected chi connectivity index (χ2v) is 8.54. The Kier molecular flexibility index (Phi) is 5.63. The Morgan fingerprint density at radius 3 is 2.61 bits per heavy atom. The maximum atomic E-state index is 5.14. The van der Waals surface area contributed by atoms with Crippen molar-refractivity contribution in [2.45, 2.75) is 52.2 Å². The molecule has 0 unspecified atom stereocenters. The molecule has 1 fully saturated rings. The van der Waals surface area contributed by atoms with Crippen LogP contribution >= 0.6 is 11.8 Å². The molecule has 0 amide bonds. The summed E-state index contributed by atoms with van der Waals surface area (Å²) in [6.07, 6.45) is 3.03. The van der Waals surface area contributed by atoms with Gasteiger partial charge in [-0.3, -0.25) is 9.98 Å². The Labute approximate surface area is 173 Å². The summed E-state index contributed by atoms with van der Waals surface area (Å²) in [4.78, 5) is 14.8. The van der Waals surface area contributed by atoms with Gasteiger partial charge < -0.3 is 9.80 Å². The van der Waals surface area contributed by atoms with Crippen molar-refractivity contribution in [3.05, 3.63) is 59.4 Å². The van der Waals surface area contributed by atoms with Crippen molar-refractivity contribution in [3.8, 4) is 0 Å². The number of anilines is 1. The molecular weight excluding hydrogens is 364 g/mol. The van der Waals surface area contributed by atoms with E-state index in [0.717, 1.165) is 31.0 Å². The topological polar surface area (TPSA) is 31.7 Å². The largest absolute Gasteiger partial charge is 0.372 e. The van der Waals surface area contributed by atoms with Crippen LogP contribution in [0.15, 0.2) is 47.6 Å². The summed E-state index contributed by atoms with van der Waals surface area (Å²) in [5.74, 6) is 1.14. The standard InChI is InChI=1S/C23H30N4S/c1-5-17-15-28-23-25-21(20-10-8-9-13-24-20)22(27(17)23)19-12-11-18(14-16(19)4)26(6-2)7-3/h8-14,17,21-22H,5-7,15H2,1-4H3/t17-,21+,22-/m1/s1. The zero-order valence-electron chi connectivity index (χ0n) is 17.3. The van der Waals surface area contributed by atoms with Gasteiger partial charge in [0.15, 0.2) is 5.17 Å². The van der Waals surface area contributed by atoms with Crippen molar-refractivity contribution < 1.29 is 0 Å². The number of benzene rings is 1. The fourth-order valence-electron chi connectivity index (χ4n) is 4.46. The summed E-state index contributed by atoms with van der Waals surface area (Å²) in [6, 6.07) is 14.0. The average molecular weight is 395 g/mol. The molecule has 0 spiro atoms. The molecule has 4 nitrogen and oxygen atoms in total. The van der Waals surface area contributed by atoms with Crippen LogP contribution in [-0.4, -0.2) is 39.9 Å². The zero-order valence-corrected chi connectivity index (χ0v) is 18.1. The maximum absolute atomic E-state index is 5.14. The molecule has 0 saturated carbocycles. The van der Waals surface area contributed by atoms with Crippen LogP contribution in [0.2, 0.25) is 0 Å². The van der Waals surface area contributed by atoms with E-state index in [2.05, 4.69) is 72.8 Å². The third kappa shape index (κ3) is 3.30. The molecule has 5 heteroatoms. The van der Waals surface area contributed by atoms with Crippen LogP contribution in [0.5, 0.6) is 0 Å². The van der Waals surface area contributed by atoms with E-state index >= 15 is 0 Å². The Hall–Kier alpha value is -2.01. The first-order chi connectivity index (χ1) is 13.7. The van der Waals surface area contributed by atoms with Gasteiger partial charge in [0.25, 0.3) is 0 Å². The minimum Gasteiger partial charge on any atom is -0.372 e. The van der Waals surface area contributed by atoms with Gasteiger partial charge >= 0.3 is 0 Å². The Morgan fingerprint density at radius 1 is 1.14 bits per heavy atom. The Bertz CT molecular complexity index is 847. The minimum atomic E-state index is 0.0658. The lowest BCUT2D eigenvalue weighted by atomic mass is 9.91. The highest BCUT2D eigenvalue weighted by atomic mass is 32.2.